The molecule has 1 N–H and O–H groups in total. The number of methoxy groups -OCH3 is 1. The average Bonchev–Trinajstić information content (AvgIpc) is 3.29. The molecule has 2 aliphatic rings. The van der Waals surface area contributed by atoms with Gasteiger partial charge in [0.05, 0.1) is 17.0 Å². The fourth-order valence-corrected chi connectivity index (χ4v) is 5.95. The van der Waals surface area contributed by atoms with Crippen LogP contribution in [0, 0.1) is 0 Å². The summed E-state index contributed by atoms with van der Waals surface area (Å²) in [4.78, 5) is 56.2. The summed E-state index contributed by atoms with van der Waals surface area (Å²) in [6.45, 7) is 1.77. The lowest BCUT2D eigenvalue weighted by molar-refractivity contribution is -0.136. The van der Waals surface area contributed by atoms with Crippen molar-refractivity contribution in [2.45, 2.75) is 0 Å². The van der Waals surface area contributed by atoms with Crippen molar-refractivity contribution in [2.24, 2.45) is 0 Å². The molecule has 3 aromatic carbocycles. The number of nitrogens with one attached hydrogen (secondary N) is 1. The first-order valence-corrected chi connectivity index (χ1v) is 15.6. The molecule has 3 aromatic rings. The van der Waals surface area contributed by atoms with E-state index in [1.807, 2.05) is 30.3 Å². The number of halogens is 2. The van der Waals surface area contributed by atoms with Gasteiger partial charge in [-0.15, -0.1) is 0 Å². The Morgan fingerprint density at radius 3 is 2.45 bits per heavy atom. The number of benzene rings is 3. The lowest BCUT2D eigenvalue weighted by Crippen LogP contribution is -2.51. The van der Waals surface area contributed by atoms with E-state index in [-0.39, 0.29) is 24.0 Å². The summed E-state index contributed by atoms with van der Waals surface area (Å²) < 4.78 is 11.8. The van der Waals surface area contributed by atoms with Crippen LogP contribution in [0.25, 0.3) is 6.08 Å². The van der Waals surface area contributed by atoms with Crippen LogP contribution in [-0.4, -0.2) is 79.2 Å². The van der Waals surface area contributed by atoms with Gasteiger partial charge in [0.25, 0.3) is 17.1 Å². The van der Waals surface area contributed by atoms with Gasteiger partial charge in [0.15, 0.2) is 18.1 Å². The van der Waals surface area contributed by atoms with Crippen molar-refractivity contribution in [1.29, 1.82) is 0 Å². The molecule has 0 unspecified atom stereocenters. The number of amides is 4. The standard InChI is InChI=1S/C31H28BrClN4O6S/c1-42-26-15-20(7-10-25(26)43-19-28(38)34-21-8-9-23(32)24(33)17-21)16-27-30(40)37(31(41)44-27)18-29(39)36-13-11-35(12-14-36)22-5-3-2-4-6-22/h2-10,15-17H,11-14,18-19H2,1H3,(H,34,38)/b27-16+. The number of para-hydroxylation sites is 1. The number of anilines is 2. The minimum absolute atomic E-state index is 0.194. The van der Waals surface area contributed by atoms with Gasteiger partial charge in [0, 0.05) is 42.0 Å². The Kier molecular flexibility index (Phi) is 10.1. The molecule has 228 valence electrons. The van der Waals surface area contributed by atoms with Crippen molar-refractivity contribution in [2.75, 3.05) is 56.7 Å². The van der Waals surface area contributed by atoms with Gasteiger partial charge < -0.3 is 24.6 Å². The van der Waals surface area contributed by atoms with E-state index in [9.17, 15) is 19.2 Å². The van der Waals surface area contributed by atoms with Crippen LogP contribution in [0.2, 0.25) is 5.02 Å². The van der Waals surface area contributed by atoms with Crippen LogP contribution < -0.4 is 19.7 Å². The van der Waals surface area contributed by atoms with Crippen molar-refractivity contribution in [1.82, 2.24) is 9.80 Å². The largest absolute Gasteiger partial charge is 0.493 e. The lowest BCUT2D eigenvalue weighted by Gasteiger charge is -2.36. The third-order valence-corrected chi connectivity index (χ3v) is 9.11. The Labute approximate surface area is 272 Å². The van der Waals surface area contributed by atoms with Crippen LogP contribution in [0.4, 0.5) is 16.2 Å². The van der Waals surface area contributed by atoms with Crippen molar-refractivity contribution in [3.8, 4) is 11.5 Å². The Balaban J connectivity index is 1.16. The number of ether oxygens (including phenoxy) is 2. The van der Waals surface area contributed by atoms with Crippen LogP contribution in [0.15, 0.2) is 76.1 Å². The minimum Gasteiger partial charge on any atom is -0.493 e. The summed E-state index contributed by atoms with van der Waals surface area (Å²) in [5.41, 5.74) is 2.20. The van der Waals surface area contributed by atoms with Gasteiger partial charge in [-0.3, -0.25) is 24.1 Å². The fraction of sp³-hybridized carbons (Fsp3) is 0.226. The van der Waals surface area contributed by atoms with Crippen molar-refractivity contribution >= 4 is 79.7 Å². The first-order valence-electron chi connectivity index (χ1n) is 13.6. The molecule has 5 rings (SSSR count). The molecular formula is C31H28BrClN4O6S. The molecule has 13 heteroatoms. The third kappa shape index (κ3) is 7.55. The zero-order chi connectivity index (χ0) is 31.2. The quantitative estimate of drug-likeness (QED) is 0.292. The molecule has 0 atom stereocenters. The smallest absolute Gasteiger partial charge is 0.294 e. The Morgan fingerprint density at radius 1 is 1.00 bits per heavy atom. The van der Waals surface area contributed by atoms with Gasteiger partial charge in [-0.2, -0.15) is 0 Å². The van der Waals surface area contributed by atoms with E-state index in [2.05, 4.69) is 26.1 Å². The molecule has 0 bridgehead atoms. The van der Waals surface area contributed by atoms with E-state index >= 15 is 0 Å². The molecule has 0 aromatic heterocycles. The van der Waals surface area contributed by atoms with E-state index in [0.29, 0.717) is 58.4 Å². The number of carbonyl (C=O) groups excluding carboxylic acids is 4. The average molecular weight is 700 g/mol. The molecule has 2 aliphatic heterocycles. The summed E-state index contributed by atoms with van der Waals surface area (Å²) in [5.74, 6) is -0.533. The topological polar surface area (TPSA) is 108 Å². The molecular weight excluding hydrogens is 672 g/mol. The highest BCUT2D eigenvalue weighted by molar-refractivity contribution is 9.10. The van der Waals surface area contributed by atoms with Crippen LogP contribution in [0.5, 0.6) is 11.5 Å². The van der Waals surface area contributed by atoms with Crippen molar-refractivity contribution < 1.29 is 28.7 Å². The highest BCUT2D eigenvalue weighted by Gasteiger charge is 2.37. The van der Waals surface area contributed by atoms with Crippen LogP contribution in [-0.2, 0) is 14.4 Å². The van der Waals surface area contributed by atoms with Gasteiger partial charge in [-0.1, -0.05) is 35.9 Å². The zero-order valence-electron chi connectivity index (χ0n) is 23.6. The van der Waals surface area contributed by atoms with E-state index < -0.39 is 17.1 Å². The maximum Gasteiger partial charge on any atom is 0.294 e. The van der Waals surface area contributed by atoms with Crippen LogP contribution in [0.1, 0.15) is 5.56 Å². The molecule has 2 heterocycles. The first-order chi connectivity index (χ1) is 21.2. The fourth-order valence-electron chi connectivity index (χ4n) is 4.68. The van der Waals surface area contributed by atoms with Crippen molar-refractivity contribution in [3.63, 3.8) is 0 Å². The van der Waals surface area contributed by atoms with Crippen LogP contribution in [0.3, 0.4) is 0 Å². The lowest BCUT2D eigenvalue weighted by atomic mass is 10.2. The van der Waals surface area contributed by atoms with Crippen molar-refractivity contribution in [3.05, 3.63) is 86.7 Å². The van der Waals surface area contributed by atoms with E-state index in [0.717, 1.165) is 22.3 Å². The predicted octanol–water partition coefficient (Wildman–Crippen LogP) is 5.51. The second-order valence-electron chi connectivity index (χ2n) is 9.85. The van der Waals surface area contributed by atoms with E-state index in [1.54, 1.807) is 47.4 Å². The summed E-state index contributed by atoms with van der Waals surface area (Å²) in [6.07, 6.45) is 1.56. The van der Waals surface area contributed by atoms with Gasteiger partial charge >= 0.3 is 0 Å². The molecule has 0 radical (unpaired) electrons. The Morgan fingerprint density at radius 2 is 1.75 bits per heavy atom. The molecule has 0 aliphatic carbocycles. The number of rotatable bonds is 9. The van der Waals surface area contributed by atoms with Gasteiger partial charge in [-0.05, 0) is 81.8 Å². The van der Waals surface area contributed by atoms with Gasteiger partial charge in [0.2, 0.25) is 5.91 Å². The molecule has 0 saturated carbocycles. The number of hydrogen-bond donors (Lipinski definition) is 1. The molecule has 0 spiro atoms. The summed E-state index contributed by atoms with van der Waals surface area (Å²) >= 11 is 10.2. The third-order valence-electron chi connectivity index (χ3n) is 6.97. The molecule has 4 amide bonds. The zero-order valence-corrected chi connectivity index (χ0v) is 26.8. The second-order valence-corrected chi connectivity index (χ2v) is 12.1. The number of nitrogens with zero attached hydrogens (tertiary/aromatic N) is 3. The van der Waals surface area contributed by atoms with Gasteiger partial charge in [-0.25, -0.2) is 0 Å². The van der Waals surface area contributed by atoms with Crippen LogP contribution >= 0.6 is 39.3 Å². The summed E-state index contributed by atoms with van der Waals surface area (Å²) in [6, 6.07) is 19.9. The number of imide groups is 1. The molecule has 44 heavy (non-hydrogen) atoms. The highest BCUT2D eigenvalue weighted by Crippen LogP contribution is 2.35. The summed E-state index contributed by atoms with van der Waals surface area (Å²) in [7, 11) is 1.45. The maximum atomic E-state index is 13.1. The number of thioether (sulfide) groups is 1. The normalized spacial score (nSPS) is 16.0. The predicted molar refractivity (Wildman–Crippen MR) is 174 cm³/mol. The first kappa shape index (κ1) is 31.4. The van der Waals surface area contributed by atoms with E-state index in [4.69, 9.17) is 21.1 Å². The second kappa shape index (κ2) is 14.2. The summed E-state index contributed by atoms with van der Waals surface area (Å²) in [5, 5.41) is 2.67. The minimum atomic E-state index is -0.528. The highest BCUT2D eigenvalue weighted by atomic mass is 79.9. The number of piperazine rings is 1. The maximum absolute atomic E-state index is 13.1. The SMILES string of the molecule is COc1cc(/C=C2/SC(=O)N(CC(=O)N3CCN(c4ccccc4)CC3)C2=O)ccc1OCC(=O)Nc1ccc(Br)c(Cl)c1. The number of carbonyl (C=O) groups is 4. The van der Waals surface area contributed by atoms with E-state index in [1.165, 1.54) is 7.11 Å². The Hall–Kier alpha value is -4.00. The molecule has 2 saturated heterocycles. The number of hydrogen-bond acceptors (Lipinski definition) is 8. The molecule has 2 fully saturated rings. The molecule has 10 nitrogen and oxygen atoms in total. The monoisotopic (exact) mass is 698 g/mol. The van der Waals surface area contributed by atoms with Gasteiger partial charge in [0.1, 0.15) is 6.54 Å². The Bertz CT molecular complexity index is 1610.